The van der Waals surface area contributed by atoms with Crippen LogP contribution in [0.15, 0.2) is 12.1 Å². The molecule has 0 spiro atoms. The molecule has 0 saturated carbocycles. The molecule has 1 aromatic carbocycles. The standard InChI is InChI=1S/C10H11IO4/c1-6(13)15-10-4-8(11)7(5-12)3-9(10)14-2/h3-6,13H,1-2H3. The Balaban J connectivity index is 3.15. The van der Waals surface area contributed by atoms with Crippen LogP contribution in [0.1, 0.15) is 17.3 Å². The second-order valence-corrected chi connectivity index (χ2v) is 4.02. The van der Waals surface area contributed by atoms with Gasteiger partial charge in [-0.05, 0) is 41.6 Å². The Hall–Kier alpha value is -0.820. The molecule has 0 aliphatic carbocycles. The van der Waals surface area contributed by atoms with Gasteiger partial charge in [-0.15, -0.1) is 0 Å². The van der Waals surface area contributed by atoms with Crippen LogP contribution in [0.5, 0.6) is 11.5 Å². The van der Waals surface area contributed by atoms with Crippen molar-refractivity contribution in [1.82, 2.24) is 0 Å². The van der Waals surface area contributed by atoms with Crippen molar-refractivity contribution < 1.29 is 19.4 Å². The number of carbonyl (C=O) groups is 1. The van der Waals surface area contributed by atoms with E-state index in [9.17, 15) is 4.79 Å². The molecule has 0 aliphatic rings. The summed E-state index contributed by atoms with van der Waals surface area (Å²) in [6.45, 7) is 1.50. The highest BCUT2D eigenvalue weighted by Crippen LogP contribution is 2.31. The largest absolute Gasteiger partial charge is 0.493 e. The van der Waals surface area contributed by atoms with Gasteiger partial charge < -0.3 is 14.6 Å². The van der Waals surface area contributed by atoms with Crippen LogP contribution in [0.4, 0.5) is 0 Å². The molecule has 0 amide bonds. The number of hydrogen-bond donors (Lipinski definition) is 1. The van der Waals surface area contributed by atoms with Crippen LogP contribution in [0.2, 0.25) is 0 Å². The van der Waals surface area contributed by atoms with Crippen LogP contribution in [-0.2, 0) is 0 Å². The first-order valence-corrected chi connectivity index (χ1v) is 5.33. The number of carbonyl (C=O) groups excluding carboxylic acids is 1. The molecule has 5 heteroatoms. The molecule has 1 N–H and O–H groups in total. The van der Waals surface area contributed by atoms with E-state index in [0.717, 1.165) is 9.86 Å². The zero-order valence-corrected chi connectivity index (χ0v) is 10.5. The van der Waals surface area contributed by atoms with Gasteiger partial charge in [0, 0.05) is 9.13 Å². The lowest BCUT2D eigenvalue weighted by atomic mass is 10.2. The maximum absolute atomic E-state index is 10.7. The summed E-state index contributed by atoms with van der Waals surface area (Å²) in [6.07, 6.45) is -0.173. The minimum Gasteiger partial charge on any atom is -0.493 e. The van der Waals surface area contributed by atoms with Gasteiger partial charge in [0.1, 0.15) is 0 Å². The van der Waals surface area contributed by atoms with E-state index in [0.29, 0.717) is 17.1 Å². The third kappa shape index (κ3) is 3.07. The van der Waals surface area contributed by atoms with Gasteiger partial charge in [0.25, 0.3) is 0 Å². The zero-order valence-electron chi connectivity index (χ0n) is 8.36. The second kappa shape index (κ2) is 5.32. The SMILES string of the molecule is COc1cc(C=O)c(I)cc1OC(C)O. The van der Waals surface area contributed by atoms with E-state index in [1.807, 2.05) is 22.6 Å². The number of halogens is 1. The summed E-state index contributed by atoms with van der Waals surface area (Å²) >= 11 is 2.02. The molecule has 4 nitrogen and oxygen atoms in total. The Morgan fingerprint density at radius 1 is 1.47 bits per heavy atom. The van der Waals surface area contributed by atoms with Crippen molar-refractivity contribution in [1.29, 1.82) is 0 Å². The maximum atomic E-state index is 10.7. The van der Waals surface area contributed by atoms with Crippen LogP contribution >= 0.6 is 22.6 Å². The number of aliphatic hydroxyl groups excluding tert-OH is 1. The number of rotatable bonds is 4. The van der Waals surface area contributed by atoms with Crippen LogP contribution in [0.25, 0.3) is 0 Å². The molecular formula is C10H11IO4. The monoisotopic (exact) mass is 322 g/mol. The third-order valence-corrected chi connectivity index (χ3v) is 2.64. The molecule has 82 valence electrons. The summed E-state index contributed by atoms with van der Waals surface area (Å²) in [5.74, 6) is 0.848. The van der Waals surface area contributed by atoms with E-state index in [1.165, 1.54) is 14.0 Å². The van der Waals surface area contributed by atoms with Crippen LogP contribution < -0.4 is 9.47 Å². The van der Waals surface area contributed by atoms with Gasteiger partial charge in [0.2, 0.25) is 0 Å². The van der Waals surface area contributed by atoms with Gasteiger partial charge in [-0.2, -0.15) is 0 Å². The van der Waals surface area contributed by atoms with Crippen molar-refractivity contribution >= 4 is 28.9 Å². The van der Waals surface area contributed by atoms with Gasteiger partial charge >= 0.3 is 0 Å². The Morgan fingerprint density at radius 3 is 2.60 bits per heavy atom. The Labute approximate surface area is 101 Å². The maximum Gasteiger partial charge on any atom is 0.194 e. The molecule has 0 saturated heterocycles. The lowest BCUT2D eigenvalue weighted by Crippen LogP contribution is -2.10. The van der Waals surface area contributed by atoms with Gasteiger partial charge in [0.15, 0.2) is 24.1 Å². The Bertz CT molecular complexity index is 363. The van der Waals surface area contributed by atoms with Crippen LogP contribution in [0, 0.1) is 3.57 Å². The fourth-order valence-electron chi connectivity index (χ4n) is 1.08. The van der Waals surface area contributed by atoms with E-state index < -0.39 is 6.29 Å². The van der Waals surface area contributed by atoms with E-state index >= 15 is 0 Å². The molecule has 0 aromatic heterocycles. The average Bonchev–Trinajstić information content (AvgIpc) is 2.17. The predicted molar refractivity (Wildman–Crippen MR) is 63.4 cm³/mol. The quantitative estimate of drug-likeness (QED) is 0.522. The summed E-state index contributed by atoms with van der Waals surface area (Å²) in [4.78, 5) is 10.7. The molecule has 1 unspecified atom stereocenters. The average molecular weight is 322 g/mol. The van der Waals surface area contributed by atoms with Gasteiger partial charge in [-0.1, -0.05) is 0 Å². The summed E-state index contributed by atoms with van der Waals surface area (Å²) in [5, 5.41) is 9.09. The van der Waals surface area contributed by atoms with E-state index in [2.05, 4.69) is 0 Å². The molecule has 1 aromatic rings. The van der Waals surface area contributed by atoms with Crippen molar-refractivity contribution in [2.75, 3.05) is 7.11 Å². The number of aliphatic hydroxyl groups is 1. The first-order chi connectivity index (χ1) is 7.08. The highest BCUT2D eigenvalue weighted by molar-refractivity contribution is 14.1. The summed E-state index contributed by atoms with van der Waals surface area (Å²) < 4.78 is 10.9. The molecule has 15 heavy (non-hydrogen) atoms. The van der Waals surface area contributed by atoms with Crippen molar-refractivity contribution in [3.05, 3.63) is 21.3 Å². The minimum absolute atomic E-state index is 0.419. The summed E-state index contributed by atoms with van der Waals surface area (Å²) in [7, 11) is 1.48. The predicted octanol–water partition coefficient (Wildman–Crippen LogP) is 1.83. The number of benzene rings is 1. The third-order valence-electron chi connectivity index (χ3n) is 1.71. The van der Waals surface area contributed by atoms with Crippen molar-refractivity contribution in [2.24, 2.45) is 0 Å². The van der Waals surface area contributed by atoms with Gasteiger partial charge in [0.05, 0.1) is 7.11 Å². The van der Waals surface area contributed by atoms with E-state index in [1.54, 1.807) is 12.1 Å². The molecule has 1 rings (SSSR count). The number of ether oxygens (including phenoxy) is 2. The van der Waals surface area contributed by atoms with Gasteiger partial charge in [-0.25, -0.2) is 0 Å². The highest BCUT2D eigenvalue weighted by atomic mass is 127. The molecule has 0 heterocycles. The van der Waals surface area contributed by atoms with Crippen molar-refractivity contribution in [2.45, 2.75) is 13.2 Å². The summed E-state index contributed by atoms with van der Waals surface area (Å²) in [6, 6.07) is 3.22. The minimum atomic E-state index is -0.920. The number of hydrogen-bond acceptors (Lipinski definition) is 4. The number of aldehydes is 1. The highest BCUT2D eigenvalue weighted by Gasteiger charge is 2.11. The molecule has 0 fully saturated rings. The molecule has 0 radical (unpaired) electrons. The lowest BCUT2D eigenvalue weighted by Gasteiger charge is -2.13. The molecule has 0 bridgehead atoms. The number of methoxy groups -OCH3 is 1. The molecule has 0 aliphatic heterocycles. The molecular weight excluding hydrogens is 311 g/mol. The Morgan fingerprint density at radius 2 is 2.13 bits per heavy atom. The second-order valence-electron chi connectivity index (χ2n) is 2.86. The zero-order chi connectivity index (χ0) is 11.4. The molecule has 1 atom stereocenters. The van der Waals surface area contributed by atoms with Crippen molar-refractivity contribution in [3.63, 3.8) is 0 Å². The van der Waals surface area contributed by atoms with E-state index in [-0.39, 0.29) is 0 Å². The smallest absolute Gasteiger partial charge is 0.194 e. The van der Waals surface area contributed by atoms with Crippen molar-refractivity contribution in [3.8, 4) is 11.5 Å². The van der Waals surface area contributed by atoms with Crippen LogP contribution in [0.3, 0.4) is 0 Å². The fraction of sp³-hybridized carbons (Fsp3) is 0.300. The Kier molecular flexibility index (Phi) is 4.34. The van der Waals surface area contributed by atoms with Gasteiger partial charge in [-0.3, -0.25) is 4.79 Å². The topological polar surface area (TPSA) is 55.8 Å². The van der Waals surface area contributed by atoms with E-state index in [4.69, 9.17) is 14.6 Å². The lowest BCUT2D eigenvalue weighted by molar-refractivity contribution is -0.00211. The fourth-order valence-corrected chi connectivity index (χ4v) is 1.64. The van der Waals surface area contributed by atoms with Crippen LogP contribution in [-0.4, -0.2) is 24.8 Å². The first kappa shape index (κ1) is 12.3. The summed E-state index contributed by atoms with van der Waals surface area (Å²) in [5.41, 5.74) is 0.533. The normalized spacial score (nSPS) is 12.0. The first-order valence-electron chi connectivity index (χ1n) is 4.26.